The lowest BCUT2D eigenvalue weighted by Gasteiger charge is -2.41. The summed E-state index contributed by atoms with van der Waals surface area (Å²) in [6.07, 6.45) is -0.562. The summed E-state index contributed by atoms with van der Waals surface area (Å²) in [6.45, 7) is 2.45. The molecular weight excluding hydrogens is 260 g/mol. The normalized spacial score (nSPS) is 22.3. The van der Waals surface area contributed by atoms with Crippen LogP contribution < -0.4 is 5.32 Å². The number of hydrogen-bond donors (Lipinski definition) is 1. The lowest BCUT2D eigenvalue weighted by atomic mass is 10.1. The number of methoxy groups -OCH3 is 1. The van der Waals surface area contributed by atoms with Crippen LogP contribution in [0.15, 0.2) is 30.3 Å². The fourth-order valence-corrected chi connectivity index (χ4v) is 2.05. The summed E-state index contributed by atoms with van der Waals surface area (Å²) < 4.78 is 10.4. The van der Waals surface area contributed by atoms with Gasteiger partial charge in [0.1, 0.15) is 6.61 Å². The van der Waals surface area contributed by atoms with Crippen molar-refractivity contribution in [1.82, 2.24) is 10.2 Å². The van der Waals surface area contributed by atoms with E-state index in [0.29, 0.717) is 13.1 Å². The number of benzene rings is 1. The van der Waals surface area contributed by atoms with E-state index in [-0.39, 0.29) is 12.5 Å². The Balaban J connectivity index is 2.02. The van der Waals surface area contributed by atoms with E-state index >= 15 is 0 Å². The lowest BCUT2D eigenvalue weighted by Crippen LogP contribution is -2.65. The molecule has 20 heavy (non-hydrogen) atoms. The molecule has 2 rings (SSSR count). The zero-order chi connectivity index (χ0) is 14.6. The van der Waals surface area contributed by atoms with E-state index < -0.39 is 11.8 Å². The van der Waals surface area contributed by atoms with Gasteiger partial charge < -0.3 is 14.8 Å². The number of carbonyl (C=O) groups is 2. The van der Waals surface area contributed by atoms with Gasteiger partial charge in [0.25, 0.3) is 5.91 Å². The van der Waals surface area contributed by atoms with E-state index in [1.165, 1.54) is 12.0 Å². The number of rotatable bonds is 3. The van der Waals surface area contributed by atoms with E-state index in [1.807, 2.05) is 30.3 Å². The van der Waals surface area contributed by atoms with Gasteiger partial charge in [0, 0.05) is 20.2 Å². The molecule has 108 valence electrons. The van der Waals surface area contributed by atoms with Gasteiger partial charge in [0.15, 0.2) is 0 Å². The van der Waals surface area contributed by atoms with Crippen molar-refractivity contribution in [3.05, 3.63) is 35.9 Å². The molecule has 2 amide bonds. The molecule has 1 aromatic carbocycles. The summed E-state index contributed by atoms with van der Waals surface area (Å²) in [5.41, 5.74) is -0.437. The maximum Gasteiger partial charge on any atom is 0.412 e. The van der Waals surface area contributed by atoms with Crippen molar-refractivity contribution in [3.63, 3.8) is 0 Å². The third-order valence-electron chi connectivity index (χ3n) is 3.38. The van der Waals surface area contributed by atoms with Crippen molar-refractivity contribution < 1.29 is 19.1 Å². The van der Waals surface area contributed by atoms with Crippen LogP contribution in [0.5, 0.6) is 0 Å². The Morgan fingerprint density at radius 3 is 2.75 bits per heavy atom. The number of nitrogens with zero attached hydrogens (tertiary/aromatic N) is 1. The zero-order valence-electron chi connectivity index (χ0n) is 11.6. The molecule has 1 atom stereocenters. The number of carbonyl (C=O) groups excluding carboxylic acids is 2. The second kappa shape index (κ2) is 5.92. The van der Waals surface area contributed by atoms with Crippen LogP contribution in [0.3, 0.4) is 0 Å². The number of hydrogen-bond acceptors (Lipinski definition) is 4. The molecule has 1 aromatic rings. The monoisotopic (exact) mass is 278 g/mol. The van der Waals surface area contributed by atoms with E-state index in [0.717, 1.165) is 5.56 Å². The van der Waals surface area contributed by atoms with Crippen LogP contribution in [0.4, 0.5) is 4.79 Å². The summed E-state index contributed by atoms with van der Waals surface area (Å²) in [6, 6.07) is 9.37. The Morgan fingerprint density at radius 2 is 2.10 bits per heavy atom. The Bertz CT molecular complexity index is 491. The molecule has 0 aromatic heterocycles. The van der Waals surface area contributed by atoms with Gasteiger partial charge in [0.2, 0.25) is 5.72 Å². The van der Waals surface area contributed by atoms with E-state index in [9.17, 15) is 9.59 Å². The largest absolute Gasteiger partial charge is 0.444 e. The van der Waals surface area contributed by atoms with Crippen molar-refractivity contribution in [3.8, 4) is 0 Å². The first-order valence-corrected chi connectivity index (χ1v) is 6.39. The highest BCUT2D eigenvalue weighted by atomic mass is 16.6. The van der Waals surface area contributed by atoms with Gasteiger partial charge in [-0.3, -0.25) is 9.69 Å². The van der Waals surface area contributed by atoms with Crippen LogP contribution in [0.1, 0.15) is 12.5 Å². The first kappa shape index (κ1) is 14.3. The molecular formula is C14H18N2O4. The number of ether oxygens (including phenoxy) is 2. The molecule has 1 aliphatic rings. The average molecular weight is 278 g/mol. The van der Waals surface area contributed by atoms with Gasteiger partial charge >= 0.3 is 6.09 Å². The van der Waals surface area contributed by atoms with Crippen molar-refractivity contribution >= 4 is 12.0 Å². The Hall–Kier alpha value is -2.08. The second-order valence-corrected chi connectivity index (χ2v) is 4.63. The van der Waals surface area contributed by atoms with Gasteiger partial charge in [0.05, 0.1) is 0 Å². The molecule has 1 heterocycles. The standard InChI is InChI=1S/C14H18N2O4/c1-14(19-2)12(17)15-8-9-16(14)13(18)20-10-11-6-4-3-5-7-11/h3-7H,8-10H2,1-2H3,(H,15,17). The predicted octanol–water partition coefficient (Wildman–Crippen LogP) is 1.12. The van der Waals surface area contributed by atoms with Crippen LogP contribution in [-0.2, 0) is 20.9 Å². The van der Waals surface area contributed by atoms with Crippen LogP contribution in [0.2, 0.25) is 0 Å². The third-order valence-corrected chi connectivity index (χ3v) is 3.38. The highest BCUT2D eigenvalue weighted by molar-refractivity contribution is 5.89. The van der Waals surface area contributed by atoms with Gasteiger partial charge in [-0.2, -0.15) is 0 Å². The number of nitrogens with one attached hydrogen (secondary N) is 1. The maximum absolute atomic E-state index is 12.1. The van der Waals surface area contributed by atoms with Gasteiger partial charge in [-0.15, -0.1) is 0 Å². The fourth-order valence-electron chi connectivity index (χ4n) is 2.05. The van der Waals surface area contributed by atoms with Gasteiger partial charge in [-0.1, -0.05) is 30.3 Å². The van der Waals surface area contributed by atoms with Crippen molar-refractivity contribution in [1.29, 1.82) is 0 Å². The highest BCUT2D eigenvalue weighted by Gasteiger charge is 2.45. The molecule has 1 saturated heterocycles. The highest BCUT2D eigenvalue weighted by Crippen LogP contribution is 2.20. The summed E-state index contributed by atoms with van der Waals surface area (Å²) in [5, 5.41) is 2.67. The molecule has 0 saturated carbocycles. The second-order valence-electron chi connectivity index (χ2n) is 4.63. The molecule has 1 unspecified atom stereocenters. The molecule has 1 fully saturated rings. The lowest BCUT2D eigenvalue weighted by molar-refractivity contribution is -0.169. The van der Waals surface area contributed by atoms with Crippen molar-refractivity contribution in [2.24, 2.45) is 0 Å². The third kappa shape index (κ3) is 2.75. The summed E-state index contributed by atoms with van der Waals surface area (Å²) in [4.78, 5) is 25.3. The Labute approximate surface area is 117 Å². The van der Waals surface area contributed by atoms with Crippen LogP contribution >= 0.6 is 0 Å². The summed E-state index contributed by atoms with van der Waals surface area (Å²) in [7, 11) is 1.39. The fraction of sp³-hybridized carbons (Fsp3) is 0.429. The number of piperazine rings is 1. The van der Waals surface area contributed by atoms with E-state index in [4.69, 9.17) is 9.47 Å². The Morgan fingerprint density at radius 1 is 1.40 bits per heavy atom. The van der Waals surface area contributed by atoms with Crippen molar-refractivity contribution in [2.45, 2.75) is 19.3 Å². The first-order valence-electron chi connectivity index (χ1n) is 6.39. The minimum absolute atomic E-state index is 0.164. The summed E-state index contributed by atoms with van der Waals surface area (Å²) in [5.74, 6) is -0.345. The first-order chi connectivity index (χ1) is 9.58. The SMILES string of the molecule is COC1(C)C(=O)NCCN1C(=O)OCc1ccccc1. The predicted molar refractivity (Wildman–Crippen MR) is 71.8 cm³/mol. The van der Waals surface area contributed by atoms with Crippen molar-refractivity contribution in [2.75, 3.05) is 20.2 Å². The minimum Gasteiger partial charge on any atom is -0.444 e. The maximum atomic E-state index is 12.1. The molecule has 6 heteroatoms. The zero-order valence-corrected chi connectivity index (χ0v) is 11.6. The molecule has 1 aliphatic heterocycles. The molecule has 1 N–H and O–H groups in total. The van der Waals surface area contributed by atoms with Crippen LogP contribution in [0, 0.1) is 0 Å². The van der Waals surface area contributed by atoms with Gasteiger partial charge in [-0.25, -0.2) is 4.79 Å². The molecule has 0 bridgehead atoms. The van der Waals surface area contributed by atoms with Crippen LogP contribution in [0.25, 0.3) is 0 Å². The topological polar surface area (TPSA) is 67.9 Å². The Kier molecular flexibility index (Phi) is 4.24. The minimum atomic E-state index is -1.33. The van der Waals surface area contributed by atoms with E-state index in [2.05, 4.69) is 5.32 Å². The molecule has 6 nitrogen and oxygen atoms in total. The molecule has 0 radical (unpaired) electrons. The summed E-state index contributed by atoms with van der Waals surface area (Å²) >= 11 is 0. The van der Waals surface area contributed by atoms with Gasteiger partial charge in [-0.05, 0) is 12.5 Å². The van der Waals surface area contributed by atoms with Crippen LogP contribution in [-0.4, -0.2) is 42.8 Å². The smallest absolute Gasteiger partial charge is 0.412 e. The molecule has 0 aliphatic carbocycles. The molecule has 0 spiro atoms. The quantitative estimate of drug-likeness (QED) is 0.899. The van der Waals surface area contributed by atoms with E-state index in [1.54, 1.807) is 6.92 Å². The average Bonchev–Trinajstić information content (AvgIpc) is 2.48. The number of amides is 2.